The van der Waals surface area contributed by atoms with E-state index >= 15 is 0 Å². The van der Waals surface area contributed by atoms with Crippen molar-refractivity contribution < 1.29 is 0 Å². The third-order valence-electron chi connectivity index (χ3n) is 3.18. The molecule has 1 fully saturated rings. The lowest BCUT2D eigenvalue weighted by Gasteiger charge is -2.22. The number of nitrogens with zero attached hydrogens (tertiary/aromatic N) is 2. The third-order valence-corrected chi connectivity index (χ3v) is 3.18. The first kappa shape index (κ1) is 12.1. The van der Waals surface area contributed by atoms with Gasteiger partial charge in [-0.2, -0.15) is 0 Å². The fourth-order valence-corrected chi connectivity index (χ4v) is 2.18. The molecule has 2 N–H and O–H groups in total. The molecule has 2 heterocycles. The molecule has 1 aromatic heterocycles. The summed E-state index contributed by atoms with van der Waals surface area (Å²) in [5, 5.41) is 3.34. The maximum Gasteiger partial charge on any atom is 0.252 e. The molecule has 0 bridgehead atoms. The minimum Gasteiger partial charge on any atom is -0.363 e. The van der Waals surface area contributed by atoms with E-state index < -0.39 is 0 Å². The maximum atomic E-state index is 11.5. The summed E-state index contributed by atoms with van der Waals surface area (Å²) in [5.41, 5.74) is -0.0624. The molecule has 5 heteroatoms. The Balaban J connectivity index is 2.11. The number of H-pyrrole nitrogens is 1. The number of anilines is 1. The second kappa shape index (κ2) is 5.31. The fraction of sp³-hybridized carbons (Fsp3) is 0.667. The number of piperidine rings is 1. The summed E-state index contributed by atoms with van der Waals surface area (Å²) in [6.45, 7) is 2.14. The first-order valence-electron chi connectivity index (χ1n) is 6.13. The van der Waals surface area contributed by atoms with Crippen LogP contribution in [0.4, 0.5) is 5.82 Å². The van der Waals surface area contributed by atoms with Crippen molar-refractivity contribution >= 4 is 5.82 Å². The average molecular weight is 236 g/mol. The molecule has 94 valence electrons. The first-order valence-corrected chi connectivity index (χ1v) is 6.13. The lowest BCUT2D eigenvalue weighted by molar-refractivity contribution is 0.367. The third kappa shape index (κ3) is 3.30. The molecule has 1 aromatic rings. The highest BCUT2D eigenvalue weighted by molar-refractivity contribution is 5.34. The van der Waals surface area contributed by atoms with Gasteiger partial charge < -0.3 is 15.2 Å². The predicted octanol–water partition coefficient (Wildman–Crippen LogP) is 0.378. The van der Waals surface area contributed by atoms with Gasteiger partial charge in [0.25, 0.3) is 5.56 Å². The van der Waals surface area contributed by atoms with Crippen LogP contribution in [0, 0.1) is 5.92 Å². The second-order valence-electron chi connectivity index (χ2n) is 4.84. The van der Waals surface area contributed by atoms with E-state index in [1.54, 1.807) is 0 Å². The number of rotatable bonds is 3. The highest BCUT2D eigenvalue weighted by atomic mass is 16.1. The van der Waals surface area contributed by atoms with Crippen LogP contribution in [-0.2, 0) is 6.42 Å². The number of nitrogens with one attached hydrogen (secondary N) is 2. The Morgan fingerprint density at radius 2 is 2.12 bits per heavy atom. The average Bonchev–Trinajstić information content (AvgIpc) is 2.29. The quantitative estimate of drug-likeness (QED) is 0.796. The lowest BCUT2D eigenvalue weighted by atomic mass is 9.94. The van der Waals surface area contributed by atoms with Crippen molar-refractivity contribution in [3.05, 3.63) is 22.2 Å². The Hall–Kier alpha value is -1.36. The zero-order valence-corrected chi connectivity index (χ0v) is 10.5. The van der Waals surface area contributed by atoms with Gasteiger partial charge in [0.2, 0.25) is 0 Å². The van der Waals surface area contributed by atoms with Crippen LogP contribution in [-0.4, -0.2) is 37.2 Å². The number of aromatic nitrogens is 2. The van der Waals surface area contributed by atoms with Gasteiger partial charge in [0.15, 0.2) is 0 Å². The van der Waals surface area contributed by atoms with Gasteiger partial charge in [-0.15, -0.1) is 0 Å². The van der Waals surface area contributed by atoms with Crippen LogP contribution in [0.2, 0.25) is 0 Å². The topological polar surface area (TPSA) is 61.0 Å². The SMILES string of the molecule is CN(C)c1cc(=O)[nH]c(CC2CCNCC2)n1. The predicted molar refractivity (Wildman–Crippen MR) is 68.5 cm³/mol. The molecule has 0 saturated carbocycles. The number of aromatic amines is 1. The van der Waals surface area contributed by atoms with Crippen LogP contribution < -0.4 is 15.8 Å². The van der Waals surface area contributed by atoms with Crippen molar-refractivity contribution in [2.24, 2.45) is 5.92 Å². The largest absolute Gasteiger partial charge is 0.363 e. The molecule has 5 nitrogen and oxygen atoms in total. The highest BCUT2D eigenvalue weighted by Gasteiger charge is 2.15. The van der Waals surface area contributed by atoms with E-state index in [0.717, 1.165) is 44.0 Å². The Bertz CT molecular complexity index is 421. The van der Waals surface area contributed by atoms with Crippen LogP contribution in [0.1, 0.15) is 18.7 Å². The van der Waals surface area contributed by atoms with Gasteiger partial charge in [-0.05, 0) is 31.8 Å². The van der Waals surface area contributed by atoms with Crippen molar-refractivity contribution in [3.63, 3.8) is 0 Å². The smallest absolute Gasteiger partial charge is 0.252 e. The second-order valence-corrected chi connectivity index (χ2v) is 4.84. The Kier molecular flexibility index (Phi) is 3.78. The van der Waals surface area contributed by atoms with E-state index in [4.69, 9.17) is 0 Å². The molecule has 17 heavy (non-hydrogen) atoms. The first-order chi connectivity index (χ1) is 8.15. The molecule has 0 amide bonds. The molecule has 1 saturated heterocycles. The Morgan fingerprint density at radius 3 is 2.76 bits per heavy atom. The van der Waals surface area contributed by atoms with Crippen LogP contribution >= 0.6 is 0 Å². The van der Waals surface area contributed by atoms with Crippen LogP contribution in [0.25, 0.3) is 0 Å². The summed E-state index contributed by atoms with van der Waals surface area (Å²) in [5.74, 6) is 2.18. The minimum absolute atomic E-state index is 0.0624. The molecule has 0 radical (unpaired) electrons. The summed E-state index contributed by atoms with van der Waals surface area (Å²) in [7, 11) is 3.80. The summed E-state index contributed by atoms with van der Waals surface area (Å²) >= 11 is 0. The van der Waals surface area contributed by atoms with E-state index in [0.29, 0.717) is 5.92 Å². The monoisotopic (exact) mass is 236 g/mol. The summed E-state index contributed by atoms with van der Waals surface area (Å²) in [6.07, 6.45) is 3.20. The molecule has 0 aromatic carbocycles. The van der Waals surface area contributed by atoms with Gasteiger partial charge >= 0.3 is 0 Å². The molecule has 0 unspecified atom stereocenters. The van der Waals surface area contributed by atoms with E-state index in [1.165, 1.54) is 6.07 Å². The molecular formula is C12H20N4O. The maximum absolute atomic E-state index is 11.5. The molecule has 0 aliphatic carbocycles. The normalized spacial score (nSPS) is 17.1. The molecule has 0 atom stereocenters. The Morgan fingerprint density at radius 1 is 1.41 bits per heavy atom. The Labute approximate surface area is 101 Å². The van der Waals surface area contributed by atoms with E-state index in [-0.39, 0.29) is 5.56 Å². The number of hydrogen-bond donors (Lipinski definition) is 2. The van der Waals surface area contributed by atoms with E-state index in [9.17, 15) is 4.79 Å². The zero-order chi connectivity index (χ0) is 12.3. The summed E-state index contributed by atoms with van der Waals surface area (Å²) < 4.78 is 0. The zero-order valence-electron chi connectivity index (χ0n) is 10.5. The van der Waals surface area contributed by atoms with Crippen molar-refractivity contribution in [2.75, 3.05) is 32.1 Å². The van der Waals surface area contributed by atoms with Crippen molar-refractivity contribution in [1.29, 1.82) is 0 Å². The van der Waals surface area contributed by atoms with E-state index in [1.807, 2.05) is 19.0 Å². The van der Waals surface area contributed by atoms with Crippen molar-refractivity contribution in [3.8, 4) is 0 Å². The van der Waals surface area contributed by atoms with Gasteiger partial charge in [-0.25, -0.2) is 4.98 Å². The van der Waals surface area contributed by atoms with Crippen molar-refractivity contribution in [2.45, 2.75) is 19.3 Å². The van der Waals surface area contributed by atoms with Crippen LogP contribution in [0.3, 0.4) is 0 Å². The van der Waals surface area contributed by atoms with Gasteiger partial charge in [0.05, 0.1) is 0 Å². The van der Waals surface area contributed by atoms with Gasteiger partial charge in [0.1, 0.15) is 11.6 Å². The van der Waals surface area contributed by atoms with E-state index in [2.05, 4.69) is 15.3 Å². The molecule has 1 aliphatic heterocycles. The molecule has 1 aliphatic rings. The number of hydrogen-bond acceptors (Lipinski definition) is 4. The standard InChI is InChI=1S/C12H20N4O/c1-16(2)11-8-12(17)15-10(14-11)7-9-3-5-13-6-4-9/h8-9,13H,3-7H2,1-2H3,(H,14,15,17). The molecule has 2 rings (SSSR count). The molecular weight excluding hydrogens is 216 g/mol. The van der Waals surface area contributed by atoms with Crippen LogP contribution in [0.15, 0.2) is 10.9 Å². The highest BCUT2D eigenvalue weighted by Crippen LogP contribution is 2.16. The summed E-state index contributed by atoms with van der Waals surface area (Å²) in [6, 6.07) is 1.53. The fourth-order valence-electron chi connectivity index (χ4n) is 2.18. The summed E-state index contributed by atoms with van der Waals surface area (Å²) in [4.78, 5) is 20.7. The molecule has 0 spiro atoms. The van der Waals surface area contributed by atoms with Crippen molar-refractivity contribution in [1.82, 2.24) is 15.3 Å². The lowest BCUT2D eigenvalue weighted by Crippen LogP contribution is -2.29. The van der Waals surface area contributed by atoms with Gasteiger partial charge in [-0.1, -0.05) is 0 Å². The van der Waals surface area contributed by atoms with Gasteiger partial charge in [0, 0.05) is 26.6 Å². The minimum atomic E-state index is -0.0624. The van der Waals surface area contributed by atoms with Crippen LogP contribution in [0.5, 0.6) is 0 Å². The van der Waals surface area contributed by atoms with Gasteiger partial charge in [-0.3, -0.25) is 4.79 Å².